The Labute approximate surface area is 208 Å². The number of carbonyl (C=O) groups excluding carboxylic acids is 2. The van der Waals surface area contributed by atoms with Gasteiger partial charge in [0.25, 0.3) is 0 Å². The molecule has 35 heavy (non-hydrogen) atoms. The smallest absolute Gasteiger partial charge is 0.416 e. The van der Waals surface area contributed by atoms with E-state index in [1.165, 1.54) is 0 Å². The zero-order valence-corrected chi connectivity index (χ0v) is 19.6. The largest absolute Gasteiger partial charge is 0.489 e. The number of ether oxygens (including phenoxy) is 1. The second kappa shape index (κ2) is 11.2. The van der Waals surface area contributed by atoms with Gasteiger partial charge in [-0.25, -0.2) is 5.43 Å². The fourth-order valence-corrected chi connectivity index (χ4v) is 3.15. The highest BCUT2D eigenvalue weighted by molar-refractivity contribution is 6.41. The number of hydrazone groups is 1. The second-order valence-corrected chi connectivity index (χ2v) is 8.00. The highest BCUT2D eigenvalue weighted by atomic mass is 35.5. The van der Waals surface area contributed by atoms with E-state index >= 15 is 0 Å². The number of hydrogen-bond donors (Lipinski definition) is 2. The van der Waals surface area contributed by atoms with Crippen molar-refractivity contribution in [2.75, 3.05) is 5.32 Å². The van der Waals surface area contributed by atoms with Gasteiger partial charge in [-0.15, -0.1) is 0 Å². The van der Waals surface area contributed by atoms with E-state index in [-0.39, 0.29) is 17.3 Å². The monoisotopic (exact) mass is 523 g/mol. The lowest BCUT2D eigenvalue weighted by Crippen LogP contribution is -2.33. The van der Waals surface area contributed by atoms with Crippen molar-refractivity contribution in [3.63, 3.8) is 0 Å². The number of nitrogens with one attached hydrogen (secondary N) is 2. The van der Waals surface area contributed by atoms with Gasteiger partial charge in [-0.05, 0) is 61.0 Å². The van der Waals surface area contributed by atoms with Gasteiger partial charge < -0.3 is 10.1 Å². The van der Waals surface area contributed by atoms with Gasteiger partial charge >= 0.3 is 18.0 Å². The number of nitrogens with zero attached hydrogens (tertiary/aromatic N) is 1. The molecule has 0 atom stereocenters. The molecule has 0 spiro atoms. The van der Waals surface area contributed by atoms with Gasteiger partial charge in [0.2, 0.25) is 0 Å². The Morgan fingerprint density at radius 2 is 1.63 bits per heavy atom. The normalized spacial score (nSPS) is 11.7. The Hall–Kier alpha value is -3.56. The van der Waals surface area contributed by atoms with Crippen LogP contribution in [0.3, 0.4) is 0 Å². The Bertz CT molecular complexity index is 1260. The summed E-state index contributed by atoms with van der Waals surface area (Å²) in [5.74, 6) is -1.83. The highest BCUT2D eigenvalue weighted by Crippen LogP contribution is 2.33. The fraction of sp³-hybridized carbons (Fsp3) is 0.125. The van der Waals surface area contributed by atoms with Crippen LogP contribution < -0.4 is 15.5 Å². The molecular weight excluding hydrogens is 506 g/mol. The van der Waals surface area contributed by atoms with Crippen molar-refractivity contribution in [1.82, 2.24) is 5.43 Å². The summed E-state index contributed by atoms with van der Waals surface area (Å²) in [4.78, 5) is 24.1. The van der Waals surface area contributed by atoms with Crippen LogP contribution in [0.4, 0.5) is 18.9 Å². The molecule has 3 rings (SSSR count). The molecule has 3 aromatic rings. The summed E-state index contributed by atoms with van der Waals surface area (Å²) in [6.45, 7) is 1.88. The number of benzene rings is 3. The third-order valence-electron chi connectivity index (χ3n) is 4.70. The fourth-order valence-electron chi connectivity index (χ4n) is 2.80. The molecular formula is C24H18Cl2F3N3O3. The Morgan fingerprint density at radius 3 is 2.29 bits per heavy atom. The lowest BCUT2D eigenvalue weighted by molar-refractivity contribution is -0.137. The predicted octanol–water partition coefficient (Wildman–Crippen LogP) is 6.07. The van der Waals surface area contributed by atoms with Gasteiger partial charge in [-0.3, -0.25) is 9.59 Å². The van der Waals surface area contributed by atoms with Crippen molar-refractivity contribution in [3.05, 3.63) is 93.5 Å². The zero-order chi connectivity index (χ0) is 25.6. The lowest BCUT2D eigenvalue weighted by atomic mass is 10.1. The molecule has 0 fully saturated rings. The van der Waals surface area contributed by atoms with Crippen molar-refractivity contribution in [2.24, 2.45) is 5.10 Å². The molecule has 182 valence electrons. The van der Waals surface area contributed by atoms with Crippen molar-refractivity contribution in [2.45, 2.75) is 19.7 Å². The third kappa shape index (κ3) is 7.21. The molecule has 0 saturated carbocycles. The van der Waals surface area contributed by atoms with E-state index < -0.39 is 23.6 Å². The second-order valence-electron chi connectivity index (χ2n) is 7.19. The molecule has 0 saturated heterocycles. The molecule has 3 aromatic carbocycles. The van der Waals surface area contributed by atoms with Crippen LogP contribution in [0.25, 0.3) is 0 Å². The van der Waals surface area contributed by atoms with Gasteiger partial charge in [0.1, 0.15) is 12.4 Å². The van der Waals surface area contributed by atoms with Gasteiger partial charge in [0.15, 0.2) is 0 Å². The average Bonchev–Trinajstić information content (AvgIpc) is 2.82. The van der Waals surface area contributed by atoms with E-state index in [2.05, 4.69) is 10.5 Å². The standard InChI is InChI=1S/C24H18Cl2F3N3O3/c1-14(15-6-9-18(10-7-15)35-13-16-4-2-3-5-19(16)25)31-32-23(34)22(33)30-21-12-17(24(27,28)29)8-11-20(21)26/h2-12H,13H2,1H3,(H,30,33)(H,32,34)/b31-14+. The number of carbonyl (C=O) groups is 2. The van der Waals surface area contributed by atoms with Crippen LogP contribution in [-0.2, 0) is 22.4 Å². The van der Waals surface area contributed by atoms with Crippen molar-refractivity contribution < 1.29 is 27.5 Å². The molecule has 2 amide bonds. The minimum atomic E-state index is -4.64. The SMILES string of the molecule is C/C(=N\NC(=O)C(=O)Nc1cc(C(F)(F)F)ccc1Cl)c1ccc(OCc2ccccc2Cl)cc1. The van der Waals surface area contributed by atoms with E-state index in [0.717, 1.165) is 17.7 Å². The molecule has 2 N–H and O–H groups in total. The van der Waals surface area contributed by atoms with Crippen LogP contribution in [0.5, 0.6) is 5.75 Å². The summed E-state index contributed by atoms with van der Waals surface area (Å²) in [5.41, 5.74) is 2.53. The molecule has 0 unspecified atom stereocenters. The quantitative estimate of drug-likeness (QED) is 0.234. The molecule has 0 aliphatic rings. The van der Waals surface area contributed by atoms with Crippen LogP contribution in [0, 0.1) is 0 Å². The number of anilines is 1. The van der Waals surface area contributed by atoms with Crippen LogP contribution in [0.1, 0.15) is 23.6 Å². The maximum absolute atomic E-state index is 12.9. The summed E-state index contributed by atoms with van der Waals surface area (Å²) in [6.07, 6.45) is -4.64. The molecule has 0 aromatic heterocycles. The first-order chi connectivity index (χ1) is 16.5. The maximum Gasteiger partial charge on any atom is 0.416 e. The minimum absolute atomic E-state index is 0.157. The summed E-state index contributed by atoms with van der Waals surface area (Å²) in [7, 11) is 0. The minimum Gasteiger partial charge on any atom is -0.489 e. The molecule has 11 heteroatoms. The number of amides is 2. The van der Waals surface area contributed by atoms with Crippen LogP contribution in [-0.4, -0.2) is 17.5 Å². The summed E-state index contributed by atoms with van der Waals surface area (Å²) < 4.78 is 44.3. The molecule has 0 radical (unpaired) electrons. The van der Waals surface area contributed by atoms with Crippen molar-refractivity contribution >= 4 is 46.4 Å². The van der Waals surface area contributed by atoms with E-state index in [1.807, 2.05) is 23.5 Å². The van der Waals surface area contributed by atoms with Gasteiger partial charge in [-0.2, -0.15) is 18.3 Å². The Kier molecular flexibility index (Phi) is 8.37. The molecule has 0 heterocycles. The van der Waals surface area contributed by atoms with Crippen molar-refractivity contribution in [3.8, 4) is 5.75 Å². The maximum atomic E-state index is 12.9. The van der Waals surface area contributed by atoms with Gasteiger partial charge in [0.05, 0.1) is 22.0 Å². The number of hydrogen-bond acceptors (Lipinski definition) is 4. The summed E-state index contributed by atoms with van der Waals surface area (Å²) >= 11 is 11.9. The topological polar surface area (TPSA) is 79.8 Å². The van der Waals surface area contributed by atoms with Crippen molar-refractivity contribution in [1.29, 1.82) is 0 Å². The Morgan fingerprint density at radius 1 is 0.943 bits per heavy atom. The van der Waals surface area contributed by atoms with E-state index in [4.69, 9.17) is 27.9 Å². The number of alkyl halides is 3. The summed E-state index contributed by atoms with van der Waals surface area (Å²) in [6, 6.07) is 16.5. The first-order valence-electron chi connectivity index (χ1n) is 10.0. The van der Waals surface area contributed by atoms with E-state index in [9.17, 15) is 22.8 Å². The predicted molar refractivity (Wildman–Crippen MR) is 128 cm³/mol. The number of rotatable bonds is 6. The lowest BCUT2D eigenvalue weighted by Gasteiger charge is -2.11. The molecule has 0 aliphatic carbocycles. The first-order valence-corrected chi connectivity index (χ1v) is 10.8. The number of halogens is 5. The Balaban J connectivity index is 1.58. The highest BCUT2D eigenvalue weighted by Gasteiger charge is 2.31. The molecule has 0 bridgehead atoms. The zero-order valence-electron chi connectivity index (χ0n) is 18.1. The average molecular weight is 524 g/mol. The van der Waals surface area contributed by atoms with Gasteiger partial charge in [-0.1, -0.05) is 41.4 Å². The van der Waals surface area contributed by atoms with Crippen LogP contribution >= 0.6 is 23.2 Å². The van der Waals surface area contributed by atoms with E-state index in [0.29, 0.717) is 28.1 Å². The molecule has 0 aliphatic heterocycles. The molecule has 6 nitrogen and oxygen atoms in total. The summed E-state index contributed by atoms with van der Waals surface area (Å²) in [5, 5.41) is 6.35. The third-order valence-corrected chi connectivity index (χ3v) is 5.40. The van der Waals surface area contributed by atoms with Crippen LogP contribution in [0.15, 0.2) is 71.8 Å². The van der Waals surface area contributed by atoms with Crippen LogP contribution in [0.2, 0.25) is 10.0 Å². The van der Waals surface area contributed by atoms with Gasteiger partial charge in [0, 0.05) is 10.6 Å². The van der Waals surface area contributed by atoms with E-state index in [1.54, 1.807) is 37.3 Å². The first kappa shape index (κ1) is 26.1.